The topological polar surface area (TPSA) is 21.7 Å². The highest BCUT2D eigenvalue weighted by Gasteiger charge is 2.31. The highest BCUT2D eigenvalue weighted by Crippen LogP contribution is 2.41. The fourth-order valence-electron chi connectivity index (χ4n) is 6.89. The molecule has 0 fully saturated rings. The van der Waals surface area contributed by atoms with Crippen molar-refractivity contribution in [3.8, 4) is 28.0 Å². The van der Waals surface area contributed by atoms with Crippen LogP contribution in [0.3, 0.4) is 0 Å². The van der Waals surface area contributed by atoms with Gasteiger partial charge >= 0.3 is 0 Å². The van der Waals surface area contributed by atoms with Crippen LogP contribution in [0.4, 0.5) is 5.69 Å². The van der Waals surface area contributed by atoms with Gasteiger partial charge in [0.15, 0.2) is 0 Å². The summed E-state index contributed by atoms with van der Waals surface area (Å²) in [6.07, 6.45) is 13.6. The van der Waals surface area contributed by atoms with Gasteiger partial charge < -0.3 is 14.4 Å². The molecule has 3 heteroatoms. The van der Waals surface area contributed by atoms with Gasteiger partial charge in [0.25, 0.3) is 0 Å². The van der Waals surface area contributed by atoms with E-state index in [-0.39, 0.29) is 11.0 Å². The molecule has 0 atom stereocenters. The molecule has 4 aromatic carbocycles. The summed E-state index contributed by atoms with van der Waals surface area (Å²) in [6, 6.07) is 29.6. The Morgan fingerprint density at radius 3 is 1.87 bits per heavy atom. The normalized spacial score (nSPS) is 13.6. The number of nitrogens with zero attached hydrogens (tertiary/aromatic N) is 1. The molecule has 0 spiro atoms. The minimum absolute atomic E-state index is 0.0448. The molecule has 47 heavy (non-hydrogen) atoms. The number of allylic oxidation sites excluding steroid dienone is 3. The fourth-order valence-corrected chi connectivity index (χ4v) is 6.89. The highest BCUT2D eigenvalue weighted by atomic mass is 16.5. The van der Waals surface area contributed by atoms with Gasteiger partial charge in [-0.15, -0.1) is 0 Å². The van der Waals surface area contributed by atoms with Crippen LogP contribution in [0.2, 0.25) is 0 Å². The van der Waals surface area contributed by atoms with Crippen LogP contribution in [0.25, 0.3) is 33.0 Å². The van der Waals surface area contributed by atoms with E-state index in [4.69, 9.17) is 9.47 Å². The van der Waals surface area contributed by atoms with Crippen molar-refractivity contribution in [1.29, 1.82) is 0 Å². The van der Waals surface area contributed by atoms with Gasteiger partial charge in [-0.25, -0.2) is 0 Å². The van der Waals surface area contributed by atoms with Crippen molar-refractivity contribution in [3.05, 3.63) is 108 Å². The van der Waals surface area contributed by atoms with Crippen LogP contribution in [0.15, 0.2) is 103 Å². The average molecular weight is 630 g/mol. The summed E-state index contributed by atoms with van der Waals surface area (Å²) in [4.78, 5) is 2.56. The number of hydrogen-bond acceptors (Lipinski definition) is 3. The van der Waals surface area contributed by atoms with Gasteiger partial charge in [0, 0.05) is 23.5 Å². The third kappa shape index (κ3) is 7.36. The lowest BCUT2D eigenvalue weighted by molar-refractivity contribution is 0.110. The predicted octanol–water partition coefficient (Wildman–Crippen LogP) is 12.3. The maximum Gasteiger partial charge on any atom is 0.120 e. The first kappa shape index (κ1) is 34.5. The van der Waals surface area contributed by atoms with Crippen molar-refractivity contribution in [2.45, 2.75) is 97.9 Å². The van der Waals surface area contributed by atoms with Gasteiger partial charge in [0.1, 0.15) is 12.4 Å². The van der Waals surface area contributed by atoms with E-state index in [1.165, 1.54) is 50.0 Å². The quantitative estimate of drug-likeness (QED) is 0.122. The largest absolute Gasteiger partial charge is 0.491 e. The molecule has 0 saturated heterocycles. The lowest BCUT2D eigenvalue weighted by atomic mass is 9.77. The zero-order valence-corrected chi connectivity index (χ0v) is 29.9. The molecular formula is C44H55NO2. The summed E-state index contributed by atoms with van der Waals surface area (Å²) in [5.74, 6) is 0.870. The summed E-state index contributed by atoms with van der Waals surface area (Å²) >= 11 is 0. The number of hydrogen-bond donors (Lipinski definition) is 0. The van der Waals surface area contributed by atoms with Gasteiger partial charge in [-0.05, 0) is 127 Å². The molecule has 0 radical (unpaired) electrons. The summed E-state index contributed by atoms with van der Waals surface area (Å²) < 4.78 is 11.7. The van der Waals surface area contributed by atoms with E-state index in [0.29, 0.717) is 19.8 Å². The predicted molar refractivity (Wildman–Crippen MR) is 203 cm³/mol. The standard InChI is InChI=1S/C44H55NO2/c1-8-43(6,9-2)35-22-18-33(19-23-35)40-29-28-39(41-27-26-38(32-42(40)41)47-31-30-46-12-5)34-20-24-37(25-21-34)45(44(7,10-3)11-4)36-16-14-13-15-17-36/h14,16-29,32H,8-13,15,30-31H2,1-7H3. The lowest BCUT2D eigenvalue weighted by Crippen LogP contribution is -2.45. The number of ether oxygens (including phenoxy) is 2. The van der Waals surface area contributed by atoms with E-state index < -0.39 is 0 Å². The smallest absolute Gasteiger partial charge is 0.120 e. The van der Waals surface area contributed by atoms with Crippen molar-refractivity contribution >= 4 is 16.5 Å². The van der Waals surface area contributed by atoms with Crippen molar-refractivity contribution in [2.75, 3.05) is 24.7 Å². The first-order valence-electron chi connectivity index (χ1n) is 18.0. The summed E-state index contributed by atoms with van der Waals surface area (Å²) in [5, 5.41) is 2.43. The van der Waals surface area contributed by atoms with Gasteiger partial charge in [0.05, 0.1) is 6.61 Å². The maximum absolute atomic E-state index is 6.16. The molecule has 0 amide bonds. The Kier molecular flexibility index (Phi) is 11.3. The van der Waals surface area contributed by atoms with E-state index in [1.54, 1.807) is 0 Å². The van der Waals surface area contributed by atoms with Crippen LogP contribution < -0.4 is 9.64 Å². The second kappa shape index (κ2) is 15.4. The minimum Gasteiger partial charge on any atom is -0.491 e. The molecule has 0 saturated carbocycles. The Labute approximate surface area is 284 Å². The molecule has 0 bridgehead atoms. The second-order valence-electron chi connectivity index (χ2n) is 13.5. The Bertz CT molecular complexity index is 1670. The van der Waals surface area contributed by atoms with Crippen LogP contribution >= 0.6 is 0 Å². The Morgan fingerprint density at radius 1 is 0.660 bits per heavy atom. The highest BCUT2D eigenvalue weighted by molar-refractivity contribution is 6.05. The van der Waals surface area contributed by atoms with E-state index in [0.717, 1.165) is 44.3 Å². The van der Waals surface area contributed by atoms with Crippen molar-refractivity contribution in [2.24, 2.45) is 0 Å². The first-order valence-corrected chi connectivity index (χ1v) is 18.0. The summed E-state index contributed by atoms with van der Waals surface area (Å²) in [5.41, 5.74) is 9.10. The third-order valence-electron chi connectivity index (χ3n) is 10.9. The van der Waals surface area contributed by atoms with Gasteiger partial charge in [0.2, 0.25) is 0 Å². The summed E-state index contributed by atoms with van der Waals surface area (Å²) in [6.45, 7) is 17.8. The molecule has 1 aliphatic rings. The average Bonchev–Trinajstić information content (AvgIpc) is 3.13. The Morgan fingerprint density at radius 2 is 1.30 bits per heavy atom. The lowest BCUT2D eigenvalue weighted by Gasteiger charge is -2.43. The van der Waals surface area contributed by atoms with Crippen molar-refractivity contribution in [3.63, 3.8) is 0 Å². The minimum atomic E-state index is 0.0448. The molecular weight excluding hydrogens is 574 g/mol. The van der Waals surface area contributed by atoms with Crippen LogP contribution in [0.1, 0.15) is 92.6 Å². The van der Waals surface area contributed by atoms with Gasteiger partial charge in [-0.1, -0.05) is 101 Å². The molecule has 0 N–H and O–H groups in total. The van der Waals surface area contributed by atoms with Gasteiger partial charge in [-0.2, -0.15) is 0 Å². The van der Waals surface area contributed by atoms with E-state index in [1.807, 2.05) is 6.92 Å². The number of rotatable bonds is 15. The monoisotopic (exact) mass is 629 g/mol. The maximum atomic E-state index is 6.16. The number of fused-ring (bicyclic) bond motifs is 1. The molecule has 4 aromatic rings. The molecule has 248 valence electrons. The van der Waals surface area contributed by atoms with E-state index in [9.17, 15) is 0 Å². The molecule has 0 aromatic heterocycles. The van der Waals surface area contributed by atoms with E-state index in [2.05, 4.69) is 144 Å². The molecule has 0 unspecified atom stereocenters. The van der Waals surface area contributed by atoms with Crippen LogP contribution in [-0.2, 0) is 10.2 Å². The van der Waals surface area contributed by atoms with Crippen molar-refractivity contribution in [1.82, 2.24) is 0 Å². The number of benzene rings is 4. The van der Waals surface area contributed by atoms with Crippen LogP contribution in [0, 0.1) is 0 Å². The van der Waals surface area contributed by atoms with Crippen molar-refractivity contribution < 1.29 is 9.47 Å². The van der Waals surface area contributed by atoms with E-state index >= 15 is 0 Å². The first-order chi connectivity index (χ1) is 22.8. The van der Waals surface area contributed by atoms with Crippen LogP contribution in [-0.4, -0.2) is 25.4 Å². The van der Waals surface area contributed by atoms with Crippen LogP contribution in [0.5, 0.6) is 5.75 Å². The SMILES string of the molecule is CCOCCOc1ccc2c(-c3ccc(N(C4=CCCC=C4)C(C)(CC)CC)cc3)ccc(-c3ccc(C(C)(CC)CC)cc3)c2c1. The second-order valence-corrected chi connectivity index (χ2v) is 13.5. The Balaban J connectivity index is 1.57. The number of anilines is 1. The molecule has 0 aliphatic heterocycles. The summed E-state index contributed by atoms with van der Waals surface area (Å²) in [7, 11) is 0. The Hall–Kier alpha value is -3.82. The molecule has 5 rings (SSSR count). The molecule has 3 nitrogen and oxygen atoms in total. The zero-order chi connectivity index (χ0) is 33.4. The molecule has 1 aliphatic carbocycles. The van der Waals surface area contributed by atoms with Gasteiger partial charge in [-0.3, -0.25) is 0 Å². The third-order valence-corrected chi connectivity index (χ3v) is 10.9. The molecule has 0 heterocycles. The fraction of sp³-hybridized carbons (Fsp3) is 0.409. The zero-order valence-electron chi connectivity index (χ0n) is 29.9.